The number of anilines is 1. The third-order valence-corrected chi connectivity index (χ3v) is 5.67. The van der Waals surface area contributed by atoms with Crippen LogP contribution in [0.1, 0.15) is 21.5 Å². The van der Waals surface area contributed by atoms with Crippen LogP contribution in [0.4, 0.5) is 18.9 Å². The molecule has 0 heterocycles. The second-order valence-corrected chi connectivity index (χ2v) is 8.67. The molecule has 4 rings (SSSR count). The lowest BCUT2D eigenvalue weighted by molar-refractivity contribution is -0.137. The molecule has 0 atom stereocenters. The minimum absolute atomic E-state index is 0.0409. The summed E-state index contributed by atoms with van der Waals surface area (Å²) in [6.07, 6.45) is -1.66. The second-order valence-electron chi connectivity index (χ2n) is 8.67. The van der Waals surface area contributed by atoms with Crippen LogP contribution in [0.5, 0.6) is 5.75 Å². The maximum atomic E-state index is 13.0. The molecule has 0 aromatic heterocycles. The van der Waals surface area contributed by atoms with E-state index in [1.165, 1.54) is 24.4 Å². The minimum atomic E-state index is -4.51. The van der Waals surface area contributed by atoms with E-state index >= 15 is 0 Å². The number of carbonyl (C=O) groups excluding carboxylic acids is 1. The molecule has 9 heteroatoms. The summed E-state index contributed by atoms with van der Waals surface area (Å²) in [5.41, 5.74) is 7.00. The van der Waals surface area contributed by atoms with E-state index in [2.05, 4.69) is 16.9 Å². The molecule has 0 fully saturated rings. The summed E-state index contributed by atoms with van der Waals surface area (Å²) in [5, 5.41) is 3.81. The van der Waals surface area contributed by atoms with Crippen molar-refractivity contribution < 1.29 is 27.4 Å². The Balaban J connectivity index is 1.47. The summed E-state index contributed by atoms with van der Waals surface area (Å²) in [4.78, 5) is 17.1. The van der Waals surface area contributed by atoms with Crippen LogP contribution in [-0.2, 0) is 17.5 Å². The highest BCUT2D eigenvalue weighted by Gasteiger charge is 2.30. The Kier molecular flexibility index (Phi) is 8.98. The van der Waals surface area contributed by atoms with Crippen LogP contribution >= 0.6 is 0 Å². The van der Waals surface area contributed by atoms with Crippen LogP contribution in [0.25, 0.3) is 10.8 Å². The predicted molar refractivity (Wildman–Crippen MR) is 150 cm³/mol. The van der Waals surface area contributed by atoms with Crippen LogP contribution in [0.3, 0.4) is 0 Å². The standard InChI is InChI=1S/C31H26F3N3O3/c1-2-36-29(18-24(35)20-39-19-21-8-4-3-5-9-21)40-26-14-15-27-22(16-26)10-6-13-28(27)30(38)37-25-12-7-11-23(17-25)31(32,33)34/h2-18H,1,19-20,35H2,(H,37,38)/b24-18-,36-29?. The average Bonchev–Trinajstić information content (AvgIpc) is 2.93. The van der Waals surface area contributed by atoms with E-state index in [0.717, 1.165) is 17.7 Å². The summed E-state index contributed by atoms with van der Waals surface area (Å²) >= 11 is 0. The van der Waals surface area contributed by atoms with Gasteiger partial charge in [-0.1, -0.05) is 55.1 Å². The summed E-state index contributed by atoms with van der Waals surface area (Å²) in [5.74, 6) is 0.0742. The number of aliphatic imine (C=N–C) groups is 1. The topological polar surface area (TPSA) is 85.9 Å². The zero-order chi connectivity index (χ0) is 28.5. The van der Waals surface area contributed by atoms with Crippen LogP contribution in [0, 0.1) is 0 Å². The lowest BCUT2D eigenvalue weighted by Crippen LogP contribution is -2.14. The number of nitrogens with one attached hydrogen (secondary N) is 1. The molecule has 0 bridgehead atoms. The van der Waals surface area contributed by atoms with Crippen molar-refractivity contribution in [1.29, 1.82) is 0 Å². The number of ether oxygens (including phenoxy) is 2. The zero-order valence-electron chi connectivity index (χ0n) is 21.3. The van der Waals surface area contributed by atoms with E-state index in [0.29, 0.717) is 34.4 Å². The van der Waals surface area contributed by atoms with Crippen LogP contribution in [0.2, 0.25) is 0 Å². The first-order chi connectivity index (χ1) is 19.2. The highest BCUT2D eigenvalue weighted by Crippen LogP contribution is 2.31. The fourth-order valence-corrected chi connectivity index (χ4v) is 3.86. The van der Waals surface area contributed by atoms with Crippen LogP contribution in [0.15, 0.2) is 121 Å². The van der Waals surface area contributed by atoms with Gasteiger partial charge in [0.15, 0.2) is 0 Å². The molecule has 4 aromatic rings. The Bertz CT molecular complexity index is 1560. The highest BCUT2D eigenvalue weighted by molar-refractivity contribution is 6.13. The molecule has 0 saturated heterocycles. The van der Waals surface area contributed by atoms with Gasteiger partial charge in [0.25, 0.3) is 5.91 Å². The van der Waals surface area contributed by atoms with E-state index in [1.807, 2.05) is 30.3 Å². The number of halogens is 3. The lowest BCUT2D eigenvalue weighted by atomic mass is 10.0. The molecule has 1 amide bonds. The molecule has 204 valence electrons. The largest absolute Gasteiger partial charge is 0.439 e. The number of carbonyl (C=O) groups is 1. The van der Waals surface area contributed by atoms with Gasteiger partial charge in [0.1, 0.15) is 5.75 Å². The van der Waals surface area contributed by atoms with Crippen molar-refractivity contribution in [3.05, 3.63) is 132 Å². The first-order valence-electron chi connectivity index (χ1n) is 12.2. The van der Waals surface area contributed by atoms with Crippen molar-refractivity contribution in [2.24, 2.45) is 10.7 Å². The third kappa shape index (κ3) is 7.58. The number of rotatable bonds is 9. The maximum absolute atomic E-state index is 13.0. The summed E-state index contributed by atoms with van der Waals surface area (Å²) < 4.78 is 50.7. The molecule has 0 unspecified atom stereocenters. The van der Waals surface area contributed by atoms with Crippen LogP contribution in [-0.4, -0.2) is 18.4 Å². The van der Waals surface area contributed by atoms with E-state index in [-0.39, 0.29) is 18.2 Å². The third-order valence-electron chi connectivity index (χ3n) is 5.67. The fourth-order valence-electron chi connectivity index (χ4n) is 3.86. The van der Waals surface area contributed by atoms with Gasteiger partial charge >= 0.3 is 6.18 Å². The monoisotopic (exact) mass is 545 g/mol. The number of fused-ring (bicyclic) bond motifs is 1. The number of nitrogens with two attached hydrogens (primary N) is 1. The second kappa shape index (κ2) is 12.8. The average molecular weight is 546 g/mol. The number of hydrogen-bond acceptors (Lipinski definition) is 5. The van der Waals surface area contributed by atoms with Gasteiger partial charge in [-0.2, -0.15) is 13.2 Å². The molecule has 0 aliphatic rings. The van der Waals surface area contributed by atoms with E-state index in [4.69, 9.17) is 15.2 Å². The molecule has 0 spiro atoms. The fraction of sp³-hybridized carbons (Fsp3) is 0.0968. The maximum Gasteiger partial charge on any atom is 0.416 e. The summed E-state index contributed by atoms with van der Waals surface area (Å²) in [7, 11) is 0. The van der Waals surface area contributed by atoms with Gasteiger partial charge in [0.05, 0.1) is 18.8 Å². The van der Waals surface area contributed by atoms with E-state index in [9.17, 15) is 18.0 Å². The first kappa shape index (κ1) is 28.1. The Morgan fingerprint density at radius 3 is 2.50 bits per heavy atom. The quantitative estimate of drug-likeness (QED) is 0.174. The number of benzene rings is 4. The number of amides is 1. The molecule has 3 N–H and O–H groups in total. The normalized spacial score (nSPS) is 12.3. The lowest BCUT2D eigenvalue weighted by Gasteiger charge is -2.12. The molecule has 4 aromatic carbocycles. The Morgan fingerprint density at radius 2 is 1.75 bits per heavy atom. The van der Waals surface area contributed by atoms with Crippen molar-refractivity contribution in [2.75, 3.05) is 11.9 Å². The van der Waals surface area contributed by atoms with Crippen molar-refractivity contribution in [3.63, 3.8) is 0 Å². The van der Waals surface area contributed by atoms with Crippen molar-refractivity contribution >= 4 is 28.3 Å². The number of hydrogen-bond donors (Lipinski definition) is 2. The van der Waals surface area contributed by atoms with Gasteiger partial charge in [-0.15, -0.1) is 0 Å². The smallest absolute Gasteiger partial charge is 0.416 e. The first-order valence-corrected chi connectivity index (χ1v) is 12.2. The summed E-state index contributed by atoms with van der Waals surface area (Å²) in [6, 6.07) is 24.3. The minimum Gasteiger partial charge on any atom is -0.439 e. The predicted octanol–water partition coefficient (Wildman–Crippen LogP) is 7.09. The van der Waals surface area contributed by atoms with E-state index in [1.54, 1.807) is 36.4 Å². The Morgan fingerprint density at radius 1 is 0.975 bits per heavy atom. The van der Waals surface area contributed by atoms with Gasteiger partial charge in [-0.3, -0.25) is 4.79 Å². The molecule has 0 saturated carbocycles. The van der Waals surface area contributed by atoms with Crippen molar-refractivity contribution in [3.8, 4) is 5.75 Å². The summed E-state index contributed by atoms with van der Waals surface area (Å²) in [6.45, 7) is 4.17. The van der Waals surface area contributed by atoms with Gasteiger partial charge < -0.3 is 20.5 Å². The van der Waals surface area contributed by atoms with Crippen molar-refractivity contribution in [1.82, 2.24) is 0 Å². The Labute approximate surface area is 229 Å². The zero-order valence-corrected chi connectivity index (χ0v) is 21.3. The molecular weight excluding hydrogens is 519 g/mol. The highest BCUT2D eigenvalue weighted by atomic mass is 19.4. The Hall–Kier alpha value is -4.89. The molecule has 40 heavy (non-hydrogen) atoms. The number of nitrogens with zero attached hydrogens (tertiary/aromatic N) is 1. The van der Waals surface area contributed by atoms with Gasteiger partial charge in [-0.05, 0) is 58.8 Å². The molecule has 0 aliphatic heterocycles. The van der Waals surface area contributed by atoms with Crippen molar-refractivity contribution in [2.45, 2.75) is 12.8 Å². The van der Waals surface area contributed by atoms with Crippen LogP contribution < -0.4 is 15.8 Å². The van der Waals surface area contributed by atoms with Gasteiger partial charge in [0.2, 0.25) is 5.90 Å². The SMILES string of the molecule is C=CN=C(/C=C(\N)COCc1ccccc1)Oc1ccc2c(C(=O)Nc3cccc(C(F)(F)F)c3)cccc2c1. The number of alkyl halides is 3. The molecule has 0 radical (unpaired) electrons. The molecule has 0 aliphatic carbocycles. The van der Waals surface area contributed by atoms with Gasteiger partial charge in [0, 0.05) is 29.2 Å². The van der Waals surface area contributed by atoms with Gasteiger partial charge in [-0.25, -0.2) is 4.99 Å². The molecule has 6 nitrogen and oxygen atoms in total. The molecular formula is C31H26F3N3O3. The van der Waals surface area contributed by atoms with E-state index < -0.39 is 17.6 Å².